The van der Waals surface area contributed by atoms with Crippen molar-refractivity contribution in [2.75, 3.05) is 60.2 Å². The monoisotopic (exact) mass is 980 g/mol. The van der Waals surface area contributed by atoms with Gasteiger partial charge < -0.3 is 42.8 Å². The third kappa shape index (κ3) is 7.59. The molecule has 0 aromatic heterocycles. The highest BCUT2D eigenvalue weighted by Crippen LogP contribution is 2.65. The number of methoxy groups -OCH3 is 2. The number of nitrogens with zero attached hydrogens (tertiary/aromatic N) is 4. The number of aryl methyl sites for hydroxylation is 1. The van der Waals surface area contributed by atoms with E-state index < -0.39 is 52.8 Å². The molecular formula is C55H56N4O11S. The molecule has 2 saturated heterocycles. The Kier molecular flexibility index (Phi) is 12.8. The highest BCUT2D eigenvalue weighted by atomic mass is 32.2. The van der Waals surface area contributed by atoms with Crippen LogP contribution in [0.2, 0.25) is 0 Å². The first-order valence-corrected chi connectivity index (χ1v) is 24.7. The molecule has 0 saturated carbocycles. The molecular weight excluding hydrogens is 925 g/mol. The first-order valence-electron chi connectivity index (χ1n) is 23.7. The quantitative estimate of drug-likeness (QED) is 0.0624. The smallest absolute Gasteiger partial charge is 0.337 e. The molecule has 11 rings (SSSR count). The zero-order valence-electron chi connectivity index (χ0n) is 40.7. The van der Waals surface area contributed by atoms with Gasteiger partial charge in [0.1, 0.15) is 31.6 Å². The number of rotatable bonds is 11. The van der Waals surface area contributed by atoms with Gasteiger partial charge in [-0.1, -0.05) is 61.7 Å². The van der Waals surface area contributed by atoms with Crippen molar-refractivity contribution in [1.82, 2.24) is 14.7 Å². The second-order valence-corrected chi connectivity index (χ2v) is 19.6. The lowest BCUT2D eigenvalue weighted by atomic mass is 9.71. The van der Waals surface area contributed by atoms with Gasteiger partial charge in [0.25, 0.3) is 0 Å². The van der Waals surface area contributed by atoms with Crippen LogP contribution in [0.1, 0.15) is 74.3 Å². The molecule has 4 aromatic carbocycles. The molecule has 1 spiro atoms. The lowest BCUT2D eigenvalue weighted by molar-refractivity contribution is -0.167. The Labute approximate surface area is 417 Å². The van der Waals surface area contributed by atoms with Crippen molar-refractivity contribution < 1.29 is 52.3 Å². The molecule has 7 aliphatic heterocycles. The van der Waals surface area contributed by atoms with Crippen molar-refractivity contribution >= 4 is 35.7 Å². The fraction of sp³-hybridized carbons (Fsp3) is 0.382. The van der Waals surface area contributed by atoms with Gasteiger partial charge in [0.15, 0.2) is 40.0 Å². The Morgan fingerprint density at radius 3 is 2.41 bits per heavy atom. The molecule has 0 N–H and O–H groups in total. The van der Waals surface area contributed by atoms with E-state index in [1.165, 1.54) is 31.9 Å². The molecule has 0 aliphatic carbocycles. The molecule has 7 aliphatic rings. The number of amides is 1. The number of ether oxygens (including phenoxy) is 8. The van der Waals surface area contributed by atoms with Crippen LogP contribution in [0.3, 0.4) is 0 Å². The van der Waals surface area contributed by atoms with Crippen LogP contribution in [0.4, 0.5) is 0 Å². The summed E-state index contributed by atoms with van der Waals surface area (Å²) in [6, 6.07) is 15.0. The van der Waals surface area contributed by atoms with E-state index in [9.17, 15) is 10.1 Å². The third-order valence-corrected chi connectivity index (χ3v) is 16.3. The summed E-state index contributed by atoms with van der Waals surface area (Å²) in [5.74, 6) is 1.47. The summed E-state index contributed by atoms with van der Waals surface area (Å²) in [7, 11) is 5.19. The van der Waals surface area contributed by atoms with Crippen LogP contribution >= 0.6 is 11.8 Å². The number of carbonyl (C=O) groups excluding carboxylic acids is 3. The van der Waals surface area contributed by atoms with Crippen LogP contribution in [-0.2, 0) is 37.5 Å². The minimum Gasteiger partial charge on any atom is -0.493 e. The van der Waals surface area contributed by atoms with Crippen LogP contribution < -0.4 is 33.2 Å². The van der Waals surface area contributed by atoms with Gasteiger partial charge in [0.05, 0.1) is 37.6 Å². The number of piperazine rings is 1. The predicted molar refractivity (Wildman–Crippen MR) is 265 cm³/mol. The van der Waals surface area contributed by atoms with Gasteiger partial charge in [0.2, 0.25) is 12.7 Å². The minimum atomic E-state index is -1.75. The molecule has 15 nitrogen and oxygen atoms in total. The number of esters is 2. The van der Waals surface area contributed by atoms with Gasteiger partial charge in [-0.05, 0) is 79.8 Å². The van der Waals surface area contributed by atoms with Crippen LogP contribution in [0.25, 0.3) is 6.08 Å². The predicted octanol–water partition coefficient (Wildman–Crippen LogP) is 7.66. The van der Waals surface area contributed by atoms with Gasteiger partial charge >= 0.3 is 11.9 Å². The average molecular weight is 981 g/mol. The Balaban J connectivity index is 1.25. The number of benzene rings is 4. The minimum absolute atomic E-state index is 0.0487. The van der Waals surface area contributed by atoms with Crippen LogP contribution in [0, 0.1) is 25.2 Å². The second-order valence-electron chi connectivity index (χ2n) is 18.5. The summed E-state index contributed by atoms with van der Waals surface area (Å²) in [5.41, 5.74) is 4.98. The van der Waals surface area contributed by atoms with Crippen LogP contribution in [0.15, 0.2) is 79.9 Å². The number of likely N-dealkylation sites (N-methyl/N-ethyl adjacent to an activating group) is 1. The van der Waals surface area contributed by atoms with Gasteiger partial charge in [-0.15, -0.1) is 11.8 Å². The molecule has 2 fully saturated rings. The van der Waals surface area contributed by atoms with Crippen molar-refractivity contribution in [2.45, 2.75) is 74.6 Å². The molecule has 368 valence electrons. The lowest BCUT2D eigenvalue weighted by Gasteiger charge is -2.62. The molecule has 4 bridgehead atoms. The molecule has 0 radical (unpaired) electrons. The first kappa shape index (κ1) is 47.7. The summed E-state index contributed by atoms with van der Waals surface area (Å²) < 4.78 is 50.4. The summed E-state index contributed by atoms with van der Waals surface area (Å²) in [5, 5.41) is 10.8. The largest absolute Gasteiger partial charge is 0.493 e. The van der Waals surface area contributed by atoms with Gasteiger partial charge in [-0.25, -0.2) is 4.79 Å². The van der Waals surface area contributed by atoms with Crippen LogP contribution in [0.5, 0.6) is 40.2 Å². The molecule has 4 aromatic rings. The van der Waals surface area contributed by atoms with E-state index in [1.54, 1.807) is 36.3 Å². The number of hydrogen-bond donors (Lipinski definition) is 0. The van der Waals surface area contributed by atoms with Crippen molar-refractivity contribution in [3.05, 3.63) is 130 Å². The highest BCUT2D eigenvalue weighted by molar-refractivity contribution is 7.99. The van der Waals surface area contributed by atoms with E-state index in [1.807, 2.05) is 57.3 Å². The Bertz CT molecular complexity index is 2940. The molecule has 71 heavy (non-hydrogen) atoms. The number of thioether (sulfide) groups is 1. The maximum absolute atomic E-state index is 15.9. The van der Waals surface area contributed by atoms with Crippen LogP contribution in [-0.4, -0.2) is 111 Å². The SMILES string of the molecule is C=CCOc1cc2c(cc1OC)[C@@]1(CS[C@@H]3c4c(OC(C)=O)c(C)c5c(c4[C@@H](COC1=O)N1[C@@H]3[C@H]3c4c(cc(C)c(OC)c4OCC=C)C[C@@H]([C@@H]1C#N)N3C)OCO5)N(C(=O)/C=C/c1ccccc1)CC2. The van der Waals surface area contributed by atoms with Crippen molar-refractivity contribution in [3.63, 3.8) is 0 Å². The number of carbonyl (C=O) groups is 3. The van der Waals surface area contributed by atoms with E-state index >= 15 is 9.59 Å². The molecule has 7 heterocycles. The fourth-order valence-corrected chi connectivity index (χ4v) is 13.7. The summed E-state index contributed by atoms with van der Waals surface area (Å²) >= 11 is 1.43. The van der Waals surface area contributed by atoms with Gasteiger partial charge in [-0.2, -0.15) is 5.26 Å². The standard InChI is InChI=1S/C55H56N4O11S/c1-9-20-65-41-24-34-18-19-58(42(61)17-16-33-14-12-11-13-15-33)55(36(34)25-40(41)63-7)28-71-53-45-44(52-50(68-29-69-52)31(4)49(45)70-32(5)60)39(27-67-54(55)62)59-38(26-56)37-23-35-22-30(3)48(64-8)51(66-21-10-2)43(35)46(47(53)59)57(37)6/h9-17,22,24-25,37-39,46-47,53H,1-2,18-21,23,27-29H2,3-8H3/b17-16+/t37-,38-,39+,46+,47+,53+,55+/m0/s1. The average Bonchev–Trinajstić information content (AvgIpc) is 3.87. The maximum atomic E-state index is 15.9. The van der Waals surface area contributed by atoms with E-state index in [2.05, 4.69) is 35.1 Å². The molecule has 1 amide bonds. The van der Waals surface area contributed by atoms with E-state index in [-0.39, 0.29) is 45.0 Å². The maximum Gasteiger partial charge on any atom is 0.337 e. The normalized spacial score (nSPS) is 24.9. The lowest BCUT2D eigenvalue weighted by Crippen LogP contribution is -2.69. The molecule has 7 atom stereocenters. The third-order valence-electron chi connectivity index (χ3n) is 14.8. The Hall–Kier alpha value is -6.93. The van der Waals surface area contributed by atoms with Crippen molar-refractivity contribution in [3.8, 4) is 46.3 Å². The first-order chi connectivity index (χ1) is 34.4. The van der Waals surface area contributed by atoms with E-state index in [0.717, 1.165) is 27.8 Å². The summed E-state index contributed by atoms with van der Waals surface area (Å²) in [6.45, 7) is 13.2. The Morgan fingerprint density at radius 1 is 0.930 bits per heavy atom. The van der Waals surface area contributed by atoms with E-state index in [4.69, 9.17) is 37.9 Å². The highest BCUT2D eigenvalue weighted by Gasteiger charge is 2.63. The topological polar surface area (TPSA) is 159 Å². The Morgan fingerprint density at radius 2 is 1.69 bits per heavy atom. The summed E-state index contributed by atoms with van der Waals surface area (Å²) in [4.78, 5) is 50.4. The fourth-order valence-electron chi connectivity index (χ4n) is 11.9. The number of fused-ring (bicyclic) bond motifs is 9. The molecule has 16 heteroatoms. The number of hydrogen-bond acceptors (Lipinski definition) is 15. The zero-order chi connectivity index (χ0) is 49.9. The van der Waals surface area contributed by atoms with Gasteiger partial charge in [-0.3, -0.25) is 19.4 Å². The second kappa shape index (κ2) is 19.0. The van der Waals surface area contributed by atoms with Crippen molar-refractivity contribution in [1.29, 1.82) is 5.26 Å². The summed E-state index contributed by atoms with van der Waals surface area (Å²) in [6.07, 6.45) is 7.47. The van der Waals surface area contributed by atoms with Gasteiger partial charge in [0, 0.05) is 59.6 Å². The number of nitriles is 1. The molecule has 0 unspecified atom stereocenters. The van der Waals surface area contributed by atoms with Crippen molar-refractivity contribution in [2.24, 2.45) is 0 Å². The zero-order valence-corrected chi connectivity index (χ0v) is 41.5. The van der Waals surface area contributed by atoms with E-state index in [0.29, 0.717) is 75.3 Å².